The van der Waals surface area contributed by atoms with Gasteiger partial charge in [0.25, 0.3) is 0 Å². The smallest absolute Gasteiger partial charge is 0.242 e. The van der Waals surface area contributed by atoms with Crippen LogP contribution in [-0.4, -0.2) is 76.1 Å². The largest absolute Gasteiger partial charge is 0.493 e. The van der Waals surface area contributed by atoms with E-state index in [1.807, 2.05) is 42.5 Å². The molecule has 0 spiro atoms. The van der Waals surface area contributed by atoms with Gasteiger partial charge in [0.05, 0.1) is 27.0 Å². The van der Waals surface area contributed by atoms with E-state index in [2.05, 4.69) is 5.32 Å². The number of carbonyl (C=O) groups is 2. The molecule has 0 saturated carbocycles. The summed E-state index contributed by atoms with van der Waals surface area (Å²) in [4.78, 5) is 27.3. The number of sulfonamides is 1. The topological polar surface area (TPSA) is 105 Å². The Morgan fingerprint density at radius 3 is 2.24 bits per heavy atom. The summed E-state index contributed by atoms with van der Waals surface area (Å²) in [6.45, 7) is 1.82. The number of hydrogen-bond acceptors (Lipinski definition) is 6. The molecule has 0 aliphatic heterocycles. The van der Waals surface area contributed by atoms with E-state index >= 15 is 0 Å². The summed E-state index contributed by atoms with van der Waals surface area (Å²) in [5.41, 5.74) is 1.79. The Labute approximate surface area is 201 Å². The zero-order chi connectivity index (χ0) is 25.3. The van der Waals surface area contributed by atoms with Gasteiger partial charge in [-0.25, -0.2) is 8.42 Å². The van der Waals surface area contributed by atoms with E-state index in [1.165, 1.54) is 11.9 Å². The molecule has 0 aromatic heterocycles. The minimum Gasteiger partial charge on any atom is -0.493 e. The summed E-state index contributed by atoms with van der Waals surface area (Å²) in [6, 6.07) is 14.0. The Hall–Kier alpha value is -3.11. The van der Waals surface area contributed by atoms with Gasteiger partial charge in [-0.3, -0.25) is 9.59 Å². The number of ether oxygens (including phenoxy) is 2. The van der Waals surface area contributed by atoms with E-state index in [1.54, 1.807) is 27.2 Å². The van der Waals surface area contributed by atoms with Crippen LogP contribution in [0.1, 0.15) is 18.1 Å². The summed E-state index contributed by atoms with van der Waals surface area (Å²) >= 11 is 0. The number of methoxy groups -OCH3 is 2. The van der Waals surface area contributed by atoms with Crippen molar-refractivity contribution < 1.29 is 27.5 Å². The molecule has 1 N–H and O–H groups in total. The molecule has 2 aromatic rings. The molecule has 186 valence electrons. The number of nitrogens with zero attached hydrogens (tertiary/aromatic N) is 2. The molecule has 10 heteroatoms. The summed E-state index contributed by atoms with van der Waals surface area (Å²) in [7, 11) is 0.920. The lowest BCUT2D eigenvalue weighted by Gasteiger charge is -2.30. The van der Waals surface area contributed by atoms with Crippen molar-refractivity contribution in [2.75, 3.05) is 40.6 Å². The van der Waals surface area contributed by atoms with Crippen molar-refractivity contribution in [2.24, 2.45) is 0 Å². The van der Waals surface area contributed by atoms with Crippen molar-refractivity contribution in [2.45, 2.75) is 25.9 Å². The number of nitrogens with one attached hydrogen (secondary N) is 1. The second-order valence-corrected chi connectivity index (χ2v) is 10.0. The van der Waals surface area contributed by atoms with Gasteiger partial charge in [-0.05, 0) is 36.6 Å². The van der Waals surface area contributed by atoms with Crippen LogP contribution in [0.15, 0.2) is 48.5 Å². The van der Waals surface area contributed by atoms with E-state index in [9.17, 15) is 18.0 Å². The fraction of sp³-hybridized carbons (Fsp3) is 0.417. The summed E-state index contributed by atoms with van der Waals surface area (Å²) in [5, 5.41) is 2.86. The fourth-order valence-corrected chi connectivity index (χ4v) is 3.62. The monoisotopic (exact) mass is 491 g/mol. The van der Waals surface area contributed by atoms with E-state index in [4.69, 9.17) is 9.47 Å². The number of carbonyl (C=O) groups excluding carboxylic acids is 2. The van der Waals surface area contributed by atoms with Crippen molar-refractivity contribution in [3.8, 4) is 11.5 Å². The van der Waals surface area contributed by atoms with E-state index in [0.717, 1.165) is 21.7 Å². The first-order valence-corrected chi connectivity index (χ1v) is 12.6. The molecule has 0 saturated heterocycles. The Kier molecular flexibility index (Phi) is 9.88. The second kappa shape index (κ2) is 12.4. The van der Waals surface area contributed by atoms with Crippen LogP contribution >= 0.6 is 0 Å². The lowest BCUT2D eigenvalue weighted by Crippen LogP contribution is -2.50. The molecular formula is C24H33N3O6S. The molecule has 2 amide bonds. The minimum atomic E-state index is -3.54. The molecule has 1 atom stereocenters. The standard InChI is InChI=1S/C24H33N3O6S/c1-18(24(29)25-14-13-19-11-12-21(32-3)22(15-19)33-4)27(16-20-9-7-6-8-10-20)23(28)17-26(2)34(5,30)31/h6-12,15,18H,13-14,16-17H2,1-5H3,(H,25,29). The van der Waals surface area contributed by atoms with Crippen LogP contribution in [0.5, 0.6) is 11.5 Å². The van der Waals surface area contributed by atoms with Gasteiger partial charge in [0.1, 0.15) is 6.04 Å². The molecule has 2 aromatic carbocycles. The maximum atomic E-state index is 13.0. The average molecular weight is 492 g/mol. The van der Waals surface area contributed by atoms with Gasteiger partial charge in [-0.2, -0.15) is 4.31 Å². The molecule has 0 aliphatic carbocycles. The predicted molar refractivity (Wildman–Crippen MR) is 130 cm³/mol. The van der Waals surface area contributed by atoms with Crippen LogP contribution in [0.25, 0.3) is 0 Å². The Morgan fingerprint density at radius 2 is 1.65 bits per heavy atom. The molecule has 0 bridgehead atoms. The van der Waals surface area contributed by atoms with Gasteiger partial charge in [0.15, 0.2) is 11.5 Å². The summed E-state index contributed by atoms with van der Waals surface area (Å²) in [5.74, 6) is 0.443. The van der Waals surface area contributed by atoms with Crippen LogP contribution in [0.2, 0.25) is 0 Å². The average Bonchev–Trinajstić information content (AvgIpc) is 2.81. The molecule has 0 aliphatic rings. The van der Waals surface area contributed by atoms with Crippen LogP contribution in [-0.2, 0) is 32.6 Å². The molecule has 2 rings (SSSR count). The van der Waals surface area contributed by atoms with Crippen LogP contribution in [0, 0.1) is 0 Å². The molecule has 0 fully saturated rings. The first kappa shape index (κ1) is 27.1. The van der Waals surface area contributed by atoms with Crippen molar-refractivity contribution >= 4 is 21.8 Å². The zero-order valence-corrected chi connectivity index (χ0v) is 21.1. The molecule has 0 radical (unpaired) electrons. The predicted octanol–water partition coefficient (Wildman–Crippen LogP) is 1.67. The van der Waals surface area contributed by atoms with Gasteiger partial charge < -0.3 is 19.7 Å². The van der Waals surface area contributed by atoms with E-state index in [0.29, 0.717) is 24.5 Å². The number of hydrogen-bond donors (Lipinski definition) is 1. The van der Waals surface area contributed by atoms with Crippen molar-refractivity contribution in [1.82, 2.24) is 14.5 Å². The van der Waals surface area contributed by atoms with E-state index < -0.39 is 22.0 Å². The van der Waals surface area contributed by atoms with Crippen molar-refractivity contribution in [1.29, 1.82) is 0 Å². The number of benzene rings is 2. The molecular weight excluding hydrogens is 458 g/mol. The highest BCUT2D eigenvalue weighted by Crippen LogP contribution is 2.27. The van der Waals surface area contributed by atoms with E-state index in [-0.39, 0.29) is 19.0 Å². The number of amides is 2. The van der Waals surface area contributed by atoms with Crippen molar-refractivity contribution in [3.05, 3.63) is 59.7 Å². The highest BCUT2D eigenvalue weighted by Gasteiger charge is 2.28. The SMILES string of the molecule is COc1ccc(CCNC(=O)C(C)N(Cc2ccccc2)C(=O)CN(C)S(C)(=O)=O)cc1OC. The Balaban J connectivity index is 2.07. The molecule has 9 nitrogen and oxygen atoms in total. The van der Waals surface area contributed by atoms with Crippen molar-refractivity contribution in [3.63, 3.8) is 0 Å². The second-order valence-electron chi connectivity index (χ2n) is 7.93. The first-order valence-electron chi connectivity index (χ1n) is 10.8. The third kappa shape index (κ3) is 7.74. The van der Waals surface area contributed by atoms with Gasteiger partial charge in [-0.15, -0.1) is 0 Å². The van der Waals surface area contributed by atoms with Gasteiger partial charge in [0.2, 0.25) is 21.8 Å². The number of rotatable bonds is 12. The van der Waals surface area contributed by atoms with Crippen LogP contribution in [0.3, 0.4) is 0 Å². The van der Waals surface area contributed by atoms with Crippen LogP contribution in [0.4, 0.5) is 0 Å². The quantitative estimate of drug-likeness (QED) is 0.484. The Bertz CT molecular complexity index is 1080. The highest BCUT2D eigenvalue weighted by atomic mass is 32.2. The van der Waals surface area contributed by atoms with Gasteiger partial charge >= 0.3 is 0 Å². The normalized spacial score (nSPS) is 12.2. The number of likely N-dealkylation sites (N-methyl/N-ethyl adjacent to an activating group) is 1. The summed E-state index contributed by atoms with van der Waals surface area (Å²) < 4.78 is 35.1. The van der Waals surface area contributed by atoms with Gasteiger partial charge in [-0.1, -0.05) is 36.4 Å². The third-order valence-corrected chi connectivity index (χ3v) is 6.71. The lowest BCUT2D eigenvalue weighted by molar-refractivity contribution is -0.140. The molecule has 1 unspecified atom stereocenters. The fourth-order valence-electron chi connectivity index (χ4n) is 3.28. The zero-order valence-electron chi connectivity index (χ0n) is 20.3. The minimum absolute atomic E-state index is 0.182. The highest BCUT2D eigenvalue weighted by molar-refractivity contribution is 7.88. The summed E-state index contributed by atoms with van der Waals surface area (Å²) in [6.07, 6.45) is 1.59. The lowest BCUT2D eigenvalue weighted by atomic mass is 10.1. The Morgan fingerprint density at radius 1 is 1.00 bits per heavy atom. The maximum Gasteiger partial charge on any atom is 0.242 e. The van der Waals surface area contributed by atoms with Crippen LogP contribution < -0.4 is 14.8 Å². The third-order valence-electron chi connectivity index (χ3n) is 5.45. The molecule has 0 heterocycles. The first-order chi connectivity index (χ1) is 16.1. The molecule has 34 heavy (non-hydrogen) atoms. The maximum absolute atomic E-state index is 13.0. The van der Waals surface area contributed by atoms with Gasteiger partial charge in [0, 0.05) is 20.1 Å².